The molecule has 3 aromatic rings. The van der Waals surface area contributed by atoms with E-state index >= 15 is 0 Å². The molecule has 1 aromatic carbocycles. The Hall–Kier alpha value is -3.56. The number of carbonyl (C=O) groups excluding carboxylic acids is 1. The molecule has 0 N–H and O–H groups in total. The van der Waals surface area contributed by atoms with Gasteiger partial charge in [0.1, 0.15) is 5.56 Å². The van der Waals surface area contributed by atoms with Crippen LogP contribution in [0, 0.1) is 0 Å². The van der Waals surface area contributed by atoms with Crippen molar-refractivity contribution in [2.45, 2.75) is 45.2 Å². The molecule has 0 bridgehead atoms. The van der Waals surface area contributed by atoms with Gasteiger partial charge in [-0.15, -0.1) is 0 Å². The molecule has 0 aliphatic carbocycles. The fraction of sp³-hybridized carbons (Fsp3) is 0.400. The van der Waals surface area contributed by atoms with Gasteiger partial charge in [0, 0.05) is 18.0 Å². The number of pyridine rings is 1. The molecule has 7 nitrogen and oxygen atoms in total. The van der Waals surface area contributed by atoms with Crippen LogP contribution in [-0.4, -0.2) is 41.6 Å². The number of aromatic nitrogens is 3. The molecule has 0 fully saturated rings. The van der Waals surface area contributed by atoms with E-state index in [1.165, 1.54) is 31.2 Å². The maximum Gasteiger partial charge on any atom is 0.420 e. The summed E-state index contributed by atoms with van der Waals surface area (Å²) in [6.07, 6.45) is -0.498. The zero-order valence-corrected chi connectivity index (χ0v) is 20.1. The van der Waals surface area contributed by atoms with Gasteiger partial charge in [-0.05, 0) is 42.5 Å². The van der Waals surface area contributed by atoms with Crippen LogP contribution < -0.4 is 9.47 Å². The highest BCUT2D eigenvalue weighted by Gasteiger charge is 2.35. The van der Waals surface area contributed by atoms with Crippen LogP contribution in [0.5, 0.6) is 11.5 Å². The molecule has 0 unspecified atom stereocenters. The highest BCUT2D eigenvalue weighted by atomic mass is 19.4. The van der Waals surface area contributed by atoms with Gasteiger partial charge in [-0.3, -0.25) is 4.79 Å². The van der Waals surface area contributed by atoms with Gasteiger partial charge in [-0.2, -0.15) is 18.3 Å². The molecule has 10 heteroatoms. The highest BCUT2D eigenvalue weighted by molar-refractivity contribution is 5.74. The largest absolute Gasteiger partial charge is 0.493 e. The van der Waals surface area contributed by atoms with E-state index in [0.29, 0.717) is 42.2 Å². The quantitative estimate of drug-likeness (QED) is 0.289. The van der Waals surface area contributed by atoms with E-state index in [-0.39, 0.29) is 18.2 Å². The summed E-state index contributed by atoms with van der Waals surface area (Å²) in [6, 6.07) is 7.51. The van der Waals surface area contributed by atoms with Gasteiger partial charge < -0.3 is 14.2 Å². The van der Waals surface area contributed by atoms with Crippen molar-refractivity contribution in [2.75, 3.05) is 20.8 Å². The monoisotopic (exact) mass is 491 g/mol. The van der Waals surface area contributed by atoms with Crippen LogP contribution in [0.1, 0.15) is 48.6 Å². The molecule has 2 heterocycles. The minimum absolute atomic E-state index is 0.00564. The molecule has 0 spiro atoms. The smallest absolute Gasteiger partial charge is 0.420 e. The molecule has 0 aliphatic rings. The lowest BCUT2D eigenvalue weighted by Gasteiger charge is -2.14. The Kier molecular flexibility index (Phi) is 8.37. The second-order valence-corrected chi connectivity index (χ2v) is 8.16. The van der Waals surface area contributed by atoms with Crippen LogP contribution in [0.25, 0.3) is 5.82 Å². The Bertz CT molecular complexity index is 1160. The van der Waals surface area contributed by atoms with Crippen LogP contribution in [0.3, 0.4) is 0 Å². The lowest BCUT2D eigenvalue weighted by atomic mass is 10.0. The minimum atomic E-state index is -4.54. The molecule has 2 aromatic heterocycles. The molecule has 0 radical (unpaired) electrons. The molecular formula is C25H28F3N3O4. The number of para-hydroxylation sites is 1. The number of halogens is 3. The molecule has 0 saturated heterocycles. The summed E-state index contributed by atoms with van der Waals surface area (Å²) in [5.74, 6) is 0.308. The van der Waals surface area contributed by atoms with Gasteiger partial charge in [0.15, 0.2) is 17.3 Å². The summed E-state index contributed by atoms with van der Waals surface area (Å²) in [5.41, 5.74) is 1.31. The minimum Gasteiger partial charge on any atom is -0.493 e. The van der Waals surface area contributed by atoms with Crippen LogP contribution >= 0.6 is 0 Å². The van der Waals surface area contributed by atoms with Crippen LogP contribution in [0.4, 0.5) is 13.2 Å². The van der Waals surface area contributed by atoms with E-state index < -0.39 is 17.7 Å². The van der Waals surface area contributed by atoms with Crippen molar-refractivity contribution < 1.29 is 32.2 Å². The first-order valence-corrected chi connectivity index (χ1v) is 11.1. The number of esters is 1. The summed E-state index contributed by atoms with van der Waals surface area (Å²) >= 11 is 0. The fourth-order valence-corrected chi connectivity index (χ4v) is 3.70. The Morgan fingerprint density at radius 1 is 1.11 bits per heavy atom. The SMILES string of the molecule is COC(=O)Cc1cccc(OC)c1OCCCc1cn(-c2ncccc2C(F)(F)F)nc1C(C)C. The summed E-state index contributed by atoms with van der Waals surface area (Å²) in [7, 11) is 2.83. The third-order valence-corrected chi connectivity index (χ3v) is 5.36. The molecule has 0 saturated carbocycles. The normalized spacial score (nSPS) is 11.5. The molecule has 35 heavy (non-hydrogen) atoms. The molecule has 188 valence electrons. The second kappa shape index (κ2) is 11.2. The number of benzene rings is 1. The predicted molar refractivity (Wildman–Crippen MR) is 123 cm³/mol. The first-order chi connectivity index (χ1) is 16.7. The molecule has 0 atom stereocenters. The van der Waals surface area contributed by atoms with Gasteiger partial charge in [0.05, 0.1) is 32.9 Å². The Morgan fingerprint density at radius 3 is 2.54 bits per heavy atom. The predicted octanol–water partition coefficient (Wildman–Crippen LogP) is 5.15. The van der Waals surface area contributed by atoms with Gasteiger partial charge in [0.25, 0.3) is 0 Å². The van der Waals surface area contributed by atoms with Crippen molar-refractivity contribution in [1.29, 1.82) is 0 Å². The molecule has 0 amide bonds. The van der Waals surface area contributed by atoms with E-state index in [9.17, 15) is 18.0 Å². The summed E-state index contributed by atoms with van der Waals surface area (Å²) in [5, 5.41) is 4.42. The topological polar surface area (TPSA) is 75.5 Å². The van der Waals surface area contributed by atoms with E-state index in [2.05, 4.69) is 10.1 Å². The fourth-order valence-electron chi connectivity index (χ4n) is 3.70. The van der Waals surface area contributed by atoms with E-state index in [1.54, 1.807) is 24.4 Å². The summed E-state index contributed by atoms with van der Waals surface area (Å²) < 4.78 is 57.7. The first-order valence-electron chi connectivity index (χ1n) is 11.1. The molecular weight excluding hydrogens is 463 g/mol. The first kappa shape index (κ1) is 26.1. The van der Waals surface area contributed by atoms with Crippen LogP contribution in [0.15, 0.2) is 42.7 Å². The van der Waals surface area contributed by atoms with E-state index in [1.807, 2.05) is 13.8 Å². The Morgan fingerprint density at radius 2 is 1.89 bits per heavy atom. The average Bonchev–Trinajstić information content (AvgIpc) is 3.26. The van der Waals surface area contributed by atoms with Crippen molar-refractivity contribution in [1.82, 2.24) is 14.8 Å². The van der Waals surface area contributed by atoms with Crippen molar-refractivity contribution in [2.24, 2.45) is 0 Å². The van der Waals surface area contributed by atoms with Crippen molar-refractivity contribution in [3.8, 4) is 17.3 Å². The van der Waals surface area contributed by atoms with Gasteiger partial charge in [-0.1, -0.05) is 26.0 Å². The standard InChI is InChI=1S/C25H28F3N3O4/c1-16(2)22-18(15-31(30-22)24-19(25(26,27)28)10-6-12-29-24)9-7-13-35-23-17(14-21(32)34-4)8-5-11-20(23)33-3/h5-6,8,10-12,15-16H,7,9,13-14H2,1-4H3. The summed E-state index contributed by atoms with van der Waals surface area (Å²) in [6.45, 7) is 4.17. The van der Waals surface area contributed by atoms with Crippen molar-refractivity contribution >= 4 is 5.97 Å². The number of methoxy groups -OCH3 is 2. The van der Waals surface area contributed by atoms with E-state index in [0.717, 1.165) is 11.6 Å². The number of alkyl halides is 3. The lowest BCUT2D eigenvalue weighted by Crippen LogP contribution is -2.12. The van der Waals surface area contributed by atoms with Gasteiger partial charge in [0.2, 0.25) is 0 Å². The maximum absolute atomic E-state index is 13.5. The molecule has 3 rings (SSSR count). The number of aryl methyl sites for hydroxylation is 1. The third-order valence-electron chi connectivity index (χ3n) is 5.36. The third kappa shape index (κ3) is 6.32. The Balaban J connectivity index is 1.77. The van der Waals surface area contributed by atoms with Crippen molar-refractivity contribution in [3.05, 3.63) is 65.1 Å². The van der Waals surface area contributed by atoms with Crippen LogP contribution in [0.2, 0.25) is 0 Å². The zero-order valence-electron chi connectivity index (χ0n) is 20.1. The number of hydrogen-bond donors (Lipinski definition) is 0. The van der Waals surface area contributed by atoms with Crippen LogP contribution in [-0.2, 0) is 28.5 Å². The number of nitrogens with zero attached hydrogens (tertiary/aromatic N) is 3. The Labute approximate surface area is 201 Å². The summed E-state index contributed by atoms with van der Waals surface area (Å²) in [4.78, 5) is 15.7. The van der Waals surface area contributed by atoms with Gasteiger partial charge >= 0.3 is 12.1 Å². The van der Waals surface area contributed by atoms with Gasteiger partial charge in [-0.25, -0.2) is 9.67 Å². The van der Waals surface area contributed by atoms with E-state index in [4.69, 9.17) is 14.2 Å². The maximum atomic E-state index is 13.5. The molecule has 0 aliphatic heterocycles. The number of rotatable bonds is 10. The number of ether oxygens (including phenoxy) is 3. The highest BCUT2D eigenvalue weighted by Crippen LogP contribution is 2.34. The number of hydrogen-bond acceptors (Lipinski definition) is 6. The average molecular weight is 492 g/mol. The lowest BCUT2D eigenvalue weighted by molar-refractivity contribution is -0.140. The second-order valence-electron chi connectivity index (χ2n) is 8.16. The number of carbonyl (C=O) groups is 1. The zero-order chi connectivity index (χ0) is 25.6. The van der Waals surface area contributed by atoms with Crippen molar-refractivity contribution in [3.63, 3.8) is 0 Å².